The summed E-state index contributed by atoms with van der Waals surface area (Å²) in [5.74, 6) is 0. The van der Waals surface area contributed by atoms with E-state index in [0.717, 1.165) is 0 Å². The average Bonchev–Trinajstić information content (AvgIpc) is 3.43. The smallest absolute Gasteiger partial charge is 0.0159 e. The van der Waals surface area contributed by atoms with Crippen LogP contribution < -0.4 is 0 Å². The van der Waals surface area contributed by atoms with Gasteiger partial charge in [0.15, 0.2) is 0 Å². The SMILES string of the molecule is CC1(C)c2cc(-c3ccc(-c4cc5ccc6cccc7ccc(c4)c5c67)cc3)ccc2-c2ccc(-c3cc4ccc5cccc6ccc(c3)c4c56)cc21. The predicted molar refractivity (Wildman–Crippen MR) is 228 cm³/mol. The summed E-state index contributed by atoms with van der Waals surface area (Å²) in [6.07, 6.45) is 0. The second-order valence-corrected chi connectivity index (χ2v) is 15.7. The van der Waals surface area contributed by atoms with Crippen LogP contribution in [0.5, 0.6) is 0 Å². The molecule has 246 valence electrons. The zero-order chi connectivity index (χ0) is 35.0. The van der Waals surface area contributed by atoms with E-state index in [2.05, 4.69) is 184 Å². The minimum Gasteiger partial charge on any atom is -0.0610 e. The Bertz CT molecular complexity index is 3160. The summed E-state index contributed by atoms with van der Waals surface area (Å²) in [6, 6.07) is 64.3. The van der Waals surface area contributed by atoms with Crippen LogP contribution in [-0.2, 0) is 5.41 Å². The molecule has 0 fully saturated rings. The van der Waals surface area contributed by atoms with Gasteiger partial charge in [0.1, 0.15) is 0 Å². The fourth-order valence-electron chi connectivity index (χ4n) is 9.79. The molecule has 1 aliphatic carbocycles. The molecule has 11 aromatic rings. The predicted octanol–water partition coefficient (Wildman–Crippen LogP) is 14.8. The van der Waals surface area contributed by atoms with Crippen molar-refractivity contribution in [2.45, 2.75) is 19.3 Å². The zero-order valence-electron chi connectivity index (χ0n) is 29.7. The fraction of sp³-hybridized carbons (Fsp3) is 0.0566. The molecule has 0 N–H and O–H groups in total. The molecule has 0 nitrogen and oxygen atoms in total. The molecular formula is C53H34. The summed E-state index contributed by atoms with van der Waals surface area (Å²) in [7, 11) is 0. The first-order valence-corrected chi connectivity index (χ1v) is 18.7. The lowest BCUT2D eigenvalue weighted by atomic mass is 9.80. The van der Waals surface area contributed by atoms with Gasteiger partial charge in [0.25, 0.3) is 0 Å². The molecule has 53 heavy (non-hydrogen) atoms. The van der Waals surface area contributed by atoms with Crippen LogP contribution in [0.1, 0.15) is 25.0 Å². The summed E-state index contributed by atoms with van der Waals surface area (Å²) in [5, 5.41) is 15.9. The highest BCUT2D eigenvalue weighted by Gasteiger charge is 2.36. The third-order valence-electron chi connectivity index (χ3n) is 12.5. The van der Waals surface area contributed by atoms with Gasteiger partial charge in [-0.25, -0.2) is 0 Å². The third-order valence-corrected chi connectivity index (χ3v) is 12.5. The zero-order valence-corrected chi connectivity index (χ0v) is 29.7. The molecule has 0 heteroatoms. The molecule has 0 bridgehead atoms. The Hall–Kier alpha value is -6.50. The van der Waals surface area contributed by atoms with Crippen molar-refractivity contribution in [2.24, 2.45) is 0 Å². The van der Waals surface area contributed by atoms with Crippen LogP contribution in [0.15, 0.2) is 170 Å². The molecule has 12 rings (SSSR count). The van der Waals surface area contributed by atoms with Crippen molar-refractivity contribution in [1.82, 2.24) is 0 Å². The molecule has 1 aliphatic rings. The molecule has 11 aromatic carbocycles. The molecule has 0 saturated heterocycles. The maximum atomic E-state index is 2.45. The maximum absolute atomic E-state index is 2.45. The largest absolute Gasteiger partial charge is 0.0610 e. The highest BCUT2D eigenvalue weighted by molar-refractivity contribution is 6.25. The normalized spacial score (nSPS) is 13.6. The molecule has 0 spiro atoms. The Kier molecular flexibility index (Phi) is 5.66. The second-order valence-electron chi connectivity index (χ2n) is 15.7. The van der Waals surface area contributed by atoms with Crippen molar-refractivity contribution in [2.75, 3.05) is 0 Å². The van der Waals surface area contributed by atoms with Crippen LogP contribution in [0.2, 0.25) is 0 Å². The van der Waals surface area contributed by atoms with Crippen molar-refractivity contribution in [3.05, 3.63) is 181 Å². The lowest BCUT2D eigenvalue weighted by Gasteiger charge is -2.23. The lowest BCUT2D eigenvalue weighted by Crippen LogP contribution is -2.15. The van der Waals surface area contributed by atoms with Gasteiger partial charge in [-0.05, 0) is 157 Å². The van der Waals surface area contributed by atoms with Crippen LogP contribution >= 0.6 is 0 Å². The number of hydrogen-bond acceptors (Lipinski definition) is 0. The van der Waals surface area contributed by atoms with Crippen LogP contribution in [-0.4, -0.2) is 0 Å². The van der Waals surface area contributed by atoms with E-state index in [1.165, 1.54) is 120 Å². The topological polar surface area (TPSA) is 0 Å². The summed E-state index contributed by atoms with van der Waals surface area (Å²) < 4.78 is 0. The molecule has 0 aliphatic heterocycles. The third kappa shape index (κ3) is 4.07. The molecule has 0 saturated carbocycles. The van der Waals surface area contributed by atoms with Gasteiger partial charge in [0, 0.05) is 5.41 Å². The van der Waals surface area contributed by atoms with Gasteiger partial charge in [-0.15, -0.1) is 0 Å². The summed E-state index contributed by atoms with van der Waals surface area (Å²) in [6.45, 7) is 4.78. The summed E-state index contributed by atoms with van der Waals surface area (Å²) >= 11 is 0. The Morgan fingerprint density at radius 3 is 0.981 bits per heavy atom. The second kappa shape index (κ2) is 10.3. The highest BCUT2D eigenvalue weighted by Crippen LogP contribution is 2.51. The van der Waals surface area contributed by atoms with E-state index in [4.69, 9.17) is 0 Å². The standard InChI is InChI=1S/C53H34/c1-53(2)47-29-37(31-9-11-32(12-10-31)43-25-39-17-13-33-5-3-6-34-14-18-40(26-43)51(39)49(33)34)21-23-45(47)46-24-22-38(30-48(46)53)44-27-41-19-15-35-7-4-8-36-16-20-42(28-44)52(41)50(35)36/h3-30H,1-2H3. The monoisotopic (exact) mass is 670 g/mol. The van der Waals surface area contributed by atoms with E-state index in [1.807, 2.05) is 0 Å². The fourth-order valence-corrected chi connectivity index (χ4v) is 9.79. The number of benzene rings is 11. The molecule has 0 unspecified atom stereocenters. The lowest BCUT2D eigenvalue weighted by molar-refractivity contribution is 0.661. The Balaban J connectivity index is 0.893. The summed E-state index contributed by atoms with van der Waals surface area (Å²) in [5.41, 5.74) is 12.9. The Morgan fingerprint density at radius 2 is 0.566 bits per heavy atom. The van der Waals surface area contributed by atoms with Crippen LogP contribution in [0.4, 0.5) is 0 Å². The summed E-state index contributed by atoms with van der Waals surface area (Å²) in [4.78, 5) is 0. The first-order valence-electron chi connectivity index (χ1n) is 18.7. The minimum absolute atomic E-state index is 0.114. The van der Waals surface area contributed by atoms with Gasteiger partial charge in [0.05, 0.1) is 0 Å². The Morgan fingerprint density at radius 1 is 0.264 bits per heavy atom. The van der Waals surface area contributed by atoms with E-state index in [9.17, 15) is 0 Å². The first-order chi connectivity index (χ1) is 26.0. The van der Waals surface area contributed by atoms with E-state index >= 15 is 0 Å². The minimum atomic E-state index is -0.114. The van der Waals surface area contributed by atoms with Crippen molar-refractivity contribution >= 4 is 64.6 Å². The molecular weight excluding hydrogens is 637 g/mol. The maximum Gasteiger partial charge on any atom is 0.0159 e. The quantitative estimate of drug-likeness (QED) is 0.164. The van der Waals surface area contributed by atoms with Gasteiger partial charge in [-0.1, -0.05) is 147 Å². The Labute approximate surface area is 308 Å². The van der Waals surface area contributed by atoms with E-state index in [-0.39, 0.29) is 5.41 Å². The molecule has 0 aromatic heterocycles. The molecule has 0 radical (unpaired) electrons. The van der Waals surface area contributed by atoms with Gasteiger partial charge in [-0.3, -0.25) is 0 Å². The molecule has 0 heterocycles. The number of fused-ring (bicyclic) bond motifs is 3. The van der Waals surface area contributed by atoms with Gasteiger partial charge in [0.2, 0.25) is 0 Å². The van der Waals surface area contributed by atoms with Gasteiger partial charge in [-0.2, -0.15) is 0 Å². The molecule has 0 atom stereocenters. The van der Waals surface area contributed by atoms with E-state index in [0.29, 0.717) is 0 Å². The van der Waals surface area contributed by atoms with Crippen molar-refractivity contribution in [3.63, 3.8) is 0 Å². The molecule has 0 amide bonds. The van der Waals surface area contributed by atoms with Crippen molar-refractivity contribution < 1.29 is 0 Å². The van der Waals surface area contributed by atoms with Gasteiger partial charge < -0.3 is 0 Å². The van der Waals surface area contributed by atoms with Gasteiger partial charge >= 0.3 is 0 Å². The van der Waals surface area contributed by atoms with Crippen molar-refractivity contribution in [3.8, 4) is 44.5 Å². The number of rotatable bonds is 3. The average molecular weight is 671 g/mol. The van der Waals surface area contributed by atoms with Crippen LogP contribution in [0, 0.1) is 0 Å². The number of hydrogen-bond donors (Lipinski definition) is 0. The van der Waals surface area contributed by atoms with Crippen LogP contribution in [0.25, 0.3) is 109 Å². The van der Waals surface area contributed by atoms with E-state index < -0.39 is 0 Å². The first kappa shape index (κ1) is 29.1. The van der Waals surface area contributed by atoms with Crippen molar-refractivity contribution in [1.29, 1.82) is 0 Å². The van der Waals surface area contributed by atoms with Crippen LogP contribution in [0.3, 0.4) is 0 Å². The van der Waals surface area contributed by atoms with E-state index in [1.54, 1.807) is 0 Å². The highest BCUT2D eigenvalue weighted by atomic mass is 14.4.